The fraction of sp³-hybridized carbons (Fsp3) is 0.567. The van der Waals surface area contributed by atoms with Crippen LogP contribution in [0.5, 0.6) is 5.75 Å². The van der Waals surface area contributed by atoms with Gasteiger partial charge in [0.2, 0.25) is 0 Å². The van der Waals surface area contributed by atoms with E-state index in [2.05, 4.69) is 13.8 Å². The maximum Gasteiger partial charge on any atom is 0.166 e. The first kappa shape index (κ1) is 26.4. The van der Waals surface area contributed by atoms with E-state index in [4.69, 9.17) is 4.74 Å². The fourth-order valence-corrected chi connectivity index (χ4v) is 4.94. The molecule has 2 nitrogen and oxygen atoms in total. The van der Waals surface area contributed by atoms with Crippen LogP contribution in [-0.2, 0) is 6.42 Å². The first-order chi connectivity index (χ1) is 16.6. The van der Waals surface area contributed by atoms with Crippen LogP contribution in [0.25, 0.3) is 11.1 Å². The molecule has 0 radical (unpaired) electrons. The fourth-order valence-electron chi connectivity index (χ4n) is 4.94. The molecule has 1 aliphatic carbocycles. The van der Waals surface area contributed by atoms with E-state index in [1.54, 1.807) is 24.3 Å². The van der Waals surface area contributed by atoms with Crippen LogP contribution in [0.3, 0.4) is 0 Å². The van der Waals surface area contributed by atoms with Crippen molar-refractivity contribution in [1.82, 2.24) is 0 Å². The standard InChI is InChI=1S/C30H40F2O2/c1-3-5-7-9-10-11-13-23-16-19-25-26(30(23)33)21-27(31)28(29(25)32)22-14-17-24(18-15-22)34-20-12-8-6-4-2/h14-15,17-18,21,23H,3-13,16,19-20H2,1-2H3. The predicted molar refractivity (Wildman–Crippen MR) is 136 cm³/mol. The minimum atomic E-state index is -0.668. The molecule has 0 fully saturated rings. The molecule has 0 aromatic heterocycles. The van der Waals surface area contributed by atoms with Crippen LogP contribution < -0.4 is 4.74 Å². The zero-order valence-electron chi connectivity index (χ0n) is 20.9. The minimum absolute atomic E-state index is 0.0459. The molecule has 0 heterocycles. The van der Waals surface area contributed by atoms with Crippen molar-refractivity contribution in [3.63, 3.8) is 0 Å². The molecule has 0 bridgehead atoms. The second kappa shape index (κ2) is 13.6. The van der Waals surface area contributed by atoms with Crippen LogP contribution in [-0.4, -0.2) is 12.4 Å². The van der Waals surface area contributed by atoms with Crippen LogP contribution in [0.2, 0.25) is 0 Å². The van der Waals surface area contributed by atoms with Gasteiger partial charge in [-0.25, -0.2) is 8.78 Å². The second-order valence-electron chi connectivity index (χ2n) is 9.66. The van der Waals surface area contributed by atoms with Gasteiger partial charge in [0.25, 0.3) is 0 Å². The Morgan fingerprint density at radius 2 is 1.53 bits per heavy atom. The number of unbranched alkanes of at least 4 members (excludes halogenated alkanes) is 8. The lowest BCUT2D eigenvalue weighted by atomic mass is 9.79. The SMILES string of the molecule is CCCCCCCCC1CCc2c(cc(F)c(-c3ccc(OCCCCCC)cc3)c2F)C1=O. The molecular formula is C30H40F2O2. The normalized spacial score (nSPS) is 15.4. The van der Waals surface area contributed by atoms with E-state index in [0.717, 1.165) is 32.1 Å². The van der Waals surface area contributed by atoms with Crippen molar-refractivity contribution in [2.24, 2.45) is 5.92 Å². The average molecular weight is 471 g/mol. The van der Waals surface area contributed by atoms with Crippen LogP contribution in [0, 0.1) is 17.6 Å². The van der Waals surface area contributed by atoms with Gasteiger partial charge < -0.3 is 4.74 Å². The summed E-state index contributed by atoms with van der Waals surface area (Å²) in [6, 6.07) is 8.18. The number of hydrogen-bond acceptors (Lipinski definition) is 2. The largest absolute Gasteiger partial charge is 0.494 e. The predicted octanol–water partition coefficient (Wildman–Crippen LogP) is 9.09. The van der Waals surface area contributed by atoms with Crippen molar-refractivity contribution in [2.75, 3.05) is 6.61 Å². The quantitative estimate of drug-likeness (QED) is 0.257. The molecule has 1 aliphatic rings. The van der Waals surface area contributed by atoms with Crippen LogP contribution in [0.4, 0.5) is 8.78 Å². The Labute approximate surface area is 204 Å². The highest BCUT2D eigenvalue weighted by atomic mass is 19.1. The third kappa shape index (κ3) is 6.90. The Balaban J connectivity index is 1.65. The van der Waals surface area contributed by atoms with Gasteiger partial charge in [-0.1, -0.05) is 83.8 Å². The molecule has 1 unspecified atom stereocenters. The number of ketones is 1. The van der Waals surface area contributed by atoms with E-state index in [-0.39, 0.29) is 22.8 Å². The molecule has 0 aliphatic heterocycles. The maximum atomic E-state index is 15.4. The molecular weight excluding hydrogens is 430 g/mol. The zero-order chi connectivity index (χ0) is 24.3. The molecule has 3 rings (SSSR count). The molecule has 1 atom stereocenters. The summed E-state index contributed by atoms with van der Waals surface area (Å²) in [5.41, 5.74) is 1.04. The lowest BCUT2D eigenvalue weighted by Gasteiger charge is -2.25. The molecule has 34 heavy (non-hydrogen) atoms. The number of Topliss-reactive ketones (excluding diaryl/α,β-unsaturated/α-hetero) is 1. The highest BCUT2D eigenvalue weighted by Gasteiger charge is 2.31. The Hall–Kier alpha value is -2.23. The Bertz CT molecular complexity index is 920. The monoisotopic (exact) mass is 470 g/mol. The number of carbonyl (C=O) groups excluding carboxylic acids is 1. The number of hydrogen-bond donors (Lipinski definition) is 0. The lowest BCUT2D eigenvalue weighted by molar-refractivity contribution is 0.0890. The summed E-state index contributed by atoms with van der Waals surface area (Å²) in [5, 5.41) is 0. The van der Waals surface area contributed by atoms with Crippen LogP contribution in [0.1, 0.15) is 107 Å². The van der Waals surface area contributed by atoms with Crippen molar-refractivity contribution in [2.45, 2.75) is 97.3 Å². The zero-order valence-corrected chi connectivity index (χ0v) is 20.9. The highest BCUT2D eigenvalue weighted by molar-refractivity contribution is 6.00. The van der Waals surface area contributed by atoms with Crippen molar-refractivity contribution in [1.29, 1.82) is 0 Å². The molecule has 0 saturated carbocycles. The van der Waals surface area contributed by atoms with Gasteiger partial charge in [0.15, 0.2) is 5.78 Å². The molecule has 2 aromatic rings. The minimum Gasteiger partial charge on any atom is -0.494 e. The van der Waals surface area contributed by atoms with Crippen LogP contribution in [0.15, 0.2) is 30.3 Å². The number of ether oxygens (including phenoxy) is 1. The van der Waals surface area contributed by atoms with Gasteiger partial charge in [0.1, 0.15) is 17.4 Å². The molecule has 0 N–H and O–H groups in total. The summed E-state index contributed by atoms with van der Waals surface area (Å²) in [7, 11) is 0. The average Bonchev–Trinajstić information content (AvgIpc) is 2.84. The van der Waals surface area contributed by atoms with Crippen LogP contribution >= 0.6 is 0 Å². The molecule has 2 aromatic carbocycles. The Kier molecular flexibility index (Phi) is 10.6. The number of fused-ring (bicyclic) bond motifs is 1. The summed E-state index contributed by atoms with van der Waals surface area (Å²) in [6.07, 6.45) is 13.5. The summed E-state index contributed by atoms with van der Waals surface area (Å²) >= 11 is 0. The van der Waals surface area contributed by atoms with E-state index < -0.39 is 11.6 Å². The number of benzene rings is 2. The smallest absolute Gasteiger partial charge is 0.166 e. The van der Waals surface area contributed by atoms with E-state index >= 15 is 8.78 Å². The van der Waals surface area contributed by atoms with Gasteiger partial charge in [0.05, 0.1) is 12.2 Å². The number of halogens is 2. The second-order valence-corrected chi connectivity index (χ2v) is 9.66. The first-order valence-corrected chi connectivity index (χ1v) is 13.3. The summed E-state index contributed by atoms with van der Waals surface area (Å²) < 4.78 is 36.2. The Morgan fingerprint density at radius 1 is 0.882 bits per heavy atom. The number of rotatable bonds is 14. The van der Waals surface area contributed by atoms with E-state index in [0.29, 0.717) is 36.3 Å². The van der Waals surface area contributed by atoms with E-state index in [1.807, 2.05) is 0 Å². The summed E-state index contributed by atoms with van der Waals surface area (Å²) in [5.74, 6) is -0.762. The number of carbonyl (C=O) groups is 1. The van der Waals surface area contributed by atoms with Gasteiger partial charge in [-0.2, -0.15) is 0 Å². The molecule has 186 valence electrons. The van der Waals surface area contributed by atoms with Gasteiger partial charge in [-0.3, -0.25) is 4.79 Å². The molecule has 0 saturated heterocycles. The topological polar surface area (TPSA) is 26.3 Å². The molecule has 4 heteroatoms. The van der Waals surface area contributed by atoms with Crippen molar-refractivity contribution in [3.8, 4) is 16.9 Å². The van der Waals surface area contributed by atoms with E-state index in [1.165, 1.54) is 44.6 Å². The highest BCUT2D eigenvalue weighted by Crippen LogP contribution is 2.37. The first-order valence-electron chi connectivity index (χ1n) is 13.3. The Morgan fingerprint density at radius 3 is 2.24 bits per heavy atom. The molecule has 0 amide bonds. The van der Waals surface area contributed by atoms with Crippen molar-refractivity contribution >= 4 is 5.78 Å². The van der Waals surface area contributed by atoms with Crippen molar-refractivity contribution < 1.29 is 18.3 Å². The van der Waals surface area contributed by atoms with Crippen molar-refractivity contribution in [3.05, 3.63) is 53.1 Å². The van der Waals surface area contributed by atoms with Gasteiger partial charge >= 0.3 is 0 Å². The summed E-state index contributed by atoms with van der Waals surface area (Å²) in [4.78, 5) is 13.0. The van der Waals surface area contributed by atoms with E-state index in [9.17, 15) is 4.79 Å². The van der Waals surface area contributed by atoms with Gasteiger partial charge in [-0.15, -0.1) is 0 Å². The maximum absolute atomic E-state index is 15.4. The third-order valence-corrected chi connectivity index (χ3v) is 7.01. The lowest BCUT2D eigenvalue weighted by Crippen LogP contribution is -2.24. The molecule has 0 spiro atoms. The third-order valence-electron chi connectivity index (χ3n) is 7.01. The van der Waals surface area contributed by atoms with Gasteiger partial charge in [0, 0.05) is 11.5 Å². The summed E-state index contributed by atoms with van der Waals surface area (Å²) in [6.45, 7) is 5.01. The van der Waals surface area contributed by atoms with Gasteiger partial charge in [-0.05, 0) is 55.0 Å².